The third-order valence-corrected chi connectivity index (χ3v) is 1.52. The molecule has 0 aliphatic heterocycles. The maximum absolute atomic E-state index is 10.9. The lowest BCUT2D eigenvalue weighted by Crippen LogP contribution is -2.19. The van der Waals surface area contributed by atoms with Crippen LogP contribution in [0.2, 0.25) is 0 Å². The zero-order valence-electron chi connectivity index (χ0n) is 8.55. The predicted molar refractivity (Wildman–Crippen MR) is 56.5 cm³/mol. The van der Waals surface area contributed by atoms with E-state index in [1.165, 1.54) is 0 Å². The van der Waals surface area contributed by atoms with Crippen LogP contribution in [0.4, 0.5) is 0 Å². The van der Waals surface area contributed by atoms with Crippen molar-refractivity contribution in [1.82, 2.24) is 5.32 Å². The summed E-state index contributed by atoms with van der Waals surface area (Å²) in [5, 5.41) is 2.70. The van der Waals surface area contributed by atoms with E-state index in [1.807, 2.05) is 13.0 Å². The first-order valence-electron chi connectivity index (χ1n) is 4.90. The zero-order valence-corrected chi connectivity index (χ0v) is 8.55. The number of hydrogen-bond donors (Lipinski definition) is 1. The molecule has 0 heterocycles. The standard InChI is InChI=1S/C11H19NO/c1-3-5-6-7-8-9-10-11(13)12-4-2/h5-6,9-10H,3-4,7-8H2,1-2H3,(H,12,13)/b6-5?,10-9+. The minimum Gasteiger partial charge on any atom is -0.353 e. The summed E-state index contributed by atoms with van der Waals surface area (Å²) < 4.78 is 0. The third kappa shape index (κ3) is 8.86. The minimum atomic E-state index is 0.00183. The van der Waals surface area contributed by atoms with E-state index < -0.39 is 0 Å². The van der Waals surface area contributed by atoms with Crippen LogP contribution in [-0.2, 0) is 4.79 Å². The van der Waals surface area contributed by atoms with Gasteiger partial charge in [-0.25, -0.2) is 0 Å². The number of unbranched alkanes of at least 4 members (excludes halogenated alkanes) is 1. The Labute approximate surface area is 80.7 Å². The van der Waals surface area contributed by atoms with Crippen LogP contribution in [0, 0.1) is 0 Å². The lowest BCUT2D eigenvalue weighted by molar-refractivity contribution is -0.116. The normalized spacial score (nSPS) is 11.2. The SMILES string of the molecule is CCC=CCC/C=C/C(=O)NCC. The molecule has 0 unspecified atom stereocenters. The third-order valence-electron chi connectivity index (χ3n) is 1.52. The molecule has 0 fully saturated rings. The van der Waals surface area contributed by atoms with Crippen molar-refractivity contribution in [2.45, 2.75) is 33.1 Å². The van der Waals surface area contributed by atoms with Crippen LogP contribution in [-0.4, -0.2) is 12.5 Å². The van der Waals surface area contributed by atoms with Crippen molar-refractivity contribution < 1.29 is 4.79 Å². The van der Waals surface area contributed by atoms with E-state index in [4.69, 9.17) is 0 Å². The van der Waals surface area contributed by atoms with Gasteiger partial charge in [-0.05, 0) is 32.3 Å². The maximum Gasteiger partial charge on any atom is 0.243 e. The first kappa shape index (κ1) is 11.9. The lowest BCUT2D eigenvalue weighted by atomic mass is 10.2. The summed E-state index contributed by atoms with van der Waals surface area (Å²) in [5.74, 6) is 0.00183. The molecule has 0 aromatic heterocycles. The number of amides is 1. The number of likely N-dealkylation sites (N-methyl/N-ethyl adjacent to an activating group) is 1. The van der Waals surface area contributed by atoms with Crippen LogP contribution in [0.1, 0.15) is 33.1 Å². The molecule has 0 spiro atoms. The molecule has 0 aromatic carbocycles. The lowest BCUT2D eigenvalue weighted by Gasteiger charge is -1.93. The van der Waals surface area contributed by atoms with Gasteiger partial charge in [0.1, 0.15) is 0 Å². The quantitative estimate of drug-likeness (QED) is 0.380. The van der Waals surface area contributed by atoms with Gasteiger partial charge in [0.05, 0.1) is 0 Å². The van der Waals surface area contributed by atoms with Gasteiger partial charge in [-0.3, -0.25) is 4.79 Å². The number of carbonyl (C=O) groups excluding carboxylic acids is 1. The van der Waals surface area contributed by atoms with E-state index in [0.29, 0.717) is 6.54 Å². The van der Waals surface area contributed by atoms with Gasteiger partial charge in [0.15, 0.2) is 0 Å². The summed E-state index contributed by atoms with van der Waals surface area (Å²) in [6, 6.07) is 0. The maximum atomic E-state index is 10.9. The Morgan fingerprint density at radius 3 is 2.46 bits per heavy atom. The predicted octanol–water partition coefficient (Wildman–Crippen LogP) is 2.43. The van der Waals surface area contributed by atoms with Crippen LogP contribution in [0.5, 0.6) is 0 Å². The Bertz CT molecular complexity index is 183. The fourth-order valence-electron chi connectivity index (χ4n) is 0.900. The largest absolute Gasteiger partial charge is 0.353 e. The Kier molecular flexibility index (Phi) is 8.31. The Morgan fingerprint density at radius 1 is 1.15 bits per heavy atom. The number of hydrogen-bond acceptors (Lipinski definition) is 1. The summed E-state index contributed by atoms with van der Waals surface area (Å²) >= 11 is 0. The molecule has 74 valence electrons. The van der Waals surface area contributed by atoms with Gasteiger partial charge in [0.2, 0.25) is 5.91 Å². The Balaban J connectivity index is 3.40. The van der Waals surface area contributed by atoms with Gasteiger partial charge in [0, 0.05) is 6.54 Å². The average Bonchev–Trinajstić information content (AvgIpc) is 2.11. The van der Waals surface area contributed by atoms with Crippen LogP contribution in [0.3, 0.4) is 0 Å². The van der Waals surface area contributed by atoms with Crippen molar-refractivity contribution >= 4 is 5.91 Å². The molecule has 1 amide bonds. The van der Waals surface area contributed by atoms with E-state index in [9.17, 15) is 4.79 Å². The number of rotatable bonds is 6. The highest BCUT2D eigenvalue weighted by Crippen LogP contribution is 1.93. The molecule has 0 aromatic rings. The van der Waals surface area contributed by atoms with Crippen molar-refractivity contribution in [1.29, 1.82) is 0 Å². The highest BCUT2D eigenvalue weighted by Gasteiger charge is 1.88. The van der Waals surface area contributed by atoms with E-state index in [2.05, 4.69) is 24.4 Å². The van der Waals surface area contributed by atoms with Crippen LogP contribution in [0.25, 0.3) is 0 Å². The van der Waals surface area contributed by atoms with Crippen molar-refractivity contribution in [2.75, 3.05) is 6.54 Å². The Morgan fingerprint density at radius 2 is 1.85 bits per heavy atom. The summed E-state index contributed by atoms with van der Waals surface area (Å²) in [6.45, 7) is 4.72. The van der Waals surface area contributed by atoms with Gasteiger partial charge in [0.25, 0.3) is 0 Å². The molecule has 2 nitrogen and oxygen atoms in total. The van der Waals surface area contributed by atoms with Crippen molar-refractivity contribution in [3.05, 3.63) is 24.3 Å². The summed E-state index contributed by atoms with van der Waals surface area (Å²) in [6.07, 6.45) is 10.8. The van der Waals surface area contributed by atoms with Gasteiger partial charge in [-0.2, -0.15) is 0 Å². The molecule has 1 N–H and O–H groups in total. The smallest absolute Gasteiger partial charge is 0.243 e. The monoisotopic (exact) mass is 181 g/mol. The van der Waals surface area contributed by atoms with Crippen LogP contribution >= 0.6 is 0 Å². The average molecular weight is 181 g/mol. The molecule has 0 saturated carbocycles. The molecule has 0 rings (SSSR count). The van der Waals surface area contributed by atoms with Crippen LogP contribution < -0.4 is 5.32 Å². The number of carbonyl (C=O) groups is 1. The second-order valence-electron chi connectivity index (χ2n) is 2.75. The molecule has 0 bridgehead atoms. The second kappa shape index (κ2) is 9.04. The van der Waals surface area contributed by atoms with Gasteiger partial charge in [-0.1, -0.05) is 25.2 Å². The topological polar surface area (TPSA) is 29.1 Å². The number of nitrogens with one attached hydrogen (secondary N) is 1. The minimum absolute atomic E-state index is 0.00183. The highest BCUT2D eigenvalue weighted by molar-refractivity contribution is 5.87. The van der Waals surface area contributed by atoms with E-state index in [0.717, 1.165) is 19.3 Å². The molecule has 13 heavy (non-hydrogen) atoms. The van der Waals surface area contributed by atoms with Crippen molar-refractivity contribution in [3.63, 3.8) is 0 Å². The van der Waals surface area contributed by atoms with Gasteiger partial charge < -0.3 is 5.32 Å². The van der Waals surface area contributed by atoms with E-state index in [1.54, 1.807) is 6.08 Å². The summed E-state index contributed by atoms with van der Waals surface area (Å²) in [7, 11) is 0. The molecule has 2 heteroatoms. The summed E-state index contributed by atoms with van der Waals surface area (Å²) in [4.78, 5) is 10.9. The molecule has 0 saturated heterocycles. The molecule has 0 radical (unpaired) electrons. The van der Waals surface area contributed by atoms with Crippen molar-refractivity contribution in [2.24, 2.45) is 0 Å². The molecular weight excluding hydrogens is 162 g/mol. The van der Waals surface area contributed by atoms with E-state index >= 15 is 0 Å². The molecular formula is C11H19NO. The number of allylic oxidation sites excluding steroid dienone is 3. The van der Waals surface area contributed by atoms with Crippen LogP contribution in [0.15, 0.2) is 24.3 Å². The van der Waals surface area contributed by atoms with Gasteiger partial charge >= 0.3 is 0 Å². The second-order valence-corrected chi connectivity index (χ2v) is 2.75. The first-order chi connectivity index (χ1) is 6.31. The van der Waals surface area contributed by atoms with E-state index in [-0.39, 0.29) is 5.91 Å². The first-order valence-corrected chi connectivity index (χ1v) is 4.90. The summed E-state index contributed by atoms with van der Waals surface area (Å²) in [5.41, 5.74) is 0. The Hall–Kier alpha value is -1.05. The van der Waals surface area contributed by atoms with Gasteiger partial charge in [-0.15, -0.1) is 0 Å². The molecule has 0 aliphatic carbocycles. The molecule has 0 atom stereocenters. The zero-order chi connectivity index (χ0) is 9.94. The molecule has 0 aliphatic rings. The fourth-order valence-corrected chi connectivity index (χ4v) is 0.900. The highest BCUT2D eigenvalue weighted by atomic mass is 16.1. The van der Waals surface area contributed by atoms with Crippen molar-refractivity contribution in [3.8, 4) is 0 Å². The fraction of sp³-hybridized carbons (Fsp3) is 0.545.